The highest BCUT2D eigenvalue weighted by atomic mass is 35.5. The molecule has 0 aliphatic carbocycles. The van der Waals surface area contributed by atoms with E-state index in [1.165, 1.54) is 12.1 Å². The fourth-order valence-electron chi connectivity index (χ4n) is 4.22. The lowest BCUT2D eigenvalue weighted by Gasteiger charge is -2.32. The summed E-state index contributed by atoms with van der Waals surface area (Å²) in [6, 6.07) is 13.8. The molecule has 1 fully saturated rings. The van der Waals surface area contributed by atoms with Crippen molar-refractivity contribution in [3.05, 3.63) is 82.3 Å². The number of likely N-dealkylation sites (tertiary alicyclic amines) is 1. The predicted molar refractivity (Wildman–Crippen MR) is 132 cm³/mol. The molecule has 4 rings (SSSR count). The SMILES string of the molecule is CCc1ccc(Nc2c(C(=O)N3CCC(c4ccc(F)cc4)CC3)cnc(S(=O)(=O)O)c2Cl)cc1. The Labute approximate surface area is 208 Å². The van der Waals surface area contributed by atoms with Crippen LogP contribution in [-0.2, 0) is 16.5 Å². The number of anilines is 2. The summed E-state index contributed by atoms with van der Waals surface area (Å²) < 4.78 is 46.3. The van der Waals surface area contributed by atoms with Gasteiger partial charge in [0, 0.05) is 25.0 Å². The molecule has 35 heavy (non-hydrogen) atoms. The molecule has 2 N–H and O–H groups in total. The third kappa shape index (κ3) is 5.63. The summed E-state index contributed by atoms with van der Waals surface area (Å²) in [5.74, 6) is -0.437. The largest absolute Gasteiger partial charge is 0.354 e. The van der Waals surface area contributed by atoms with Crippen molar-refractivity contribution in [2.75, 3.05) is 18.4 Å². The lowest BCUT2D eigenvalue weighted by atomic mass is 9.89. The maximum absolute atomic E-state index is 13.4. The standard InChI is InChI=1S/C25H25ClFN3O4S/c1-2-16-3-9-20(10-4-16)29-23-21(15-28-24(22(23)26)35(32,33)34)25(31)30-13-11-18(12-14-30)17-5-7-19(27)8-6-17/h3-10,15,18H,2,11-14H2,1H3,(H,28,29)(H,32,33,34). The van der Waals surface area contributed by atoms with E-state index < -0.39 is 15.1 Å². The van der Waals surface area contributed by atoms with Crippen LogP contribution in [0.15, 0.2) is 59.8 Å². The average molecular weight is 518 g/mol. The molecule has 2 heterocycles. The van der Waals surface area contributed by atoms with Crippen LogP contribution in [0.2, 0.25) is 5.02 Å². The number of nitrogens with one attached hydrogen (secondary N) is 1. The van der Waals surface area contributed by atoms with Gasteiger partial charge in [0.1, 0.15) is 10.8 Å². The van der Waals surface area contributed by atoms with Crippen molar-refractivity contribution in [1.29, 1.82) is 0 Å². The van der Waals surface area contributed by atoms with E-state index in [4.69, 9.17) is 11.6 Å². The van der Waals surface area contributed by atoms with Gasteiger partial charge < -0.3 is 10.2 Å². The number of benzene rings is 2. The third-order valence-corrected chi connectivity index (χ3v) is 7.50. The molecule has 184 valence electrons. The van der Waals surface area contributed by atoms with Crippen LogP contribution in [0.1, 0.15) is 47.2 Å². The zero-order chi connectivity index (χ0) is 25.2. The van der Waals surface area contributed by atoms with Crippen molar-refractivity contribution in [1.82, 2.24) is 9.88 Å². The van der Waals surface area contributed by atoms with Gasteiger partial charge in [0.2, 0.25) is 5.03 Å². The summed E-state index contributed by atoms with van der Waals surface area (Å²) in [4.78, 5) is 18.9. The van der Waals surface area contributed by atoms with Gasteiger partial charge in [0.25, 0.3) is 5.91 Å². The Morgan fingerprint density at radius 3 is 2.34 bits per heavy atom. The summed E-state index contributed by atoms with van der Waals surface area (Å²) >= 11 is 6.34. The minimum atomic E-state index is -4.70. The fourth-order valence-corrected chi connectivity index (χ4v) is 5.23. The maximum Gasteiger partial charge on any atom is 0.313 e. The minimum absolute atomic E-state index is 0.0594. The first-order valence-electron chi connectivity index (χ1n) is 11.2. The number of carbonyl (C=O) groups is 1. The molecule has 1 saturated heterocycles. The number of carbonyl (C=O) groups excluding carboxylic acids is 1. The lowest BCUT2D eigenvalue weighted by molar-refractivity contribution is 0.0713. The Morgan fingerprint density at radius 1 is 1.14 bits per heavy atom. The van der Waals surface area contributed by atoms with E-state index in [0.29, 0.717) is 31.6 Å². The van der Waals surface area contributed by atoms with Crippen molar-refractivity contribution in [2.45, 2.75) is 37.1 Å². The molecule has 2 aromatic carbocycles. The number of hydrogen-bond donors (Lipinski definition) is 2. The Hall–Kier alpha value is -3.01. The molecule has 0 bridgehead atoms. The maximum atomic E-state index is 13.4. The zero-order valence-electron chi connectivity index (χ0n) is 19.0. The fraction of sp³-hybridized carbons (Fsp3) is 0.280. The molecule has 10 heteroatoms. The van der Waals surface area contributed by atoms with E-state index in [0.717, 1.165) is 23.7 Å². The van der Waals surface area contributed by atoms with Crippen LogP contribution >= 0.6 is 11.6 Å². The number of piperidine rings is 1. The summed E-state index contributed by atoms with van der Waals surface area (Å²) in [7, 11) is -4.70. The highest BCUT2D eigenvalue weighted by molar-refractivity contribution is 7.85. The van der Waals surface area contributed by atoms with Gasteiger partial charge in [-0.2, -0.15) is 8.42 Å². The molecule has 0 radical (unpaired) electrons. The van der Waals surface area contributed by atoms with Gasteiger partial charge in [-0.05, 0) is 60.6 Å². The molecular formula is C25H25ClFN3O4S. The molecule has 1 amide bonds. The summed E-state index contributed by atoms with van der Waals surface area (Å²) in [6.45, 7) is 2.95. The number of aromatic nitrogens is 1. The van der Waals surface area contributed by atoms with Gasteiger partial charge in [-0.25, -0.2) is 9.37 Å². The number of rotatable bonds is 6. The molecule has 1 aromatic heterocycles. The van der Waals surface area contributed by atoms with Crippen molar-refractivity contribution in [3.8, 4) is 0 Å². The Bertz CT molecular complexity index is 1320. The van der Waals surface area contributed by atoms with E-state index in [-0.39, 0.29) is 33.9 Å². The Morgan fingerprint density at radius 2 is 1.77 bits per heavy atom. The van der Waals surface area contributed by atoms with Crippen LogP contribution in [-0.4, -0.2) is 41.9 Å². The van der Waals surface area contributed by atoms with Crippen LogP contribution in [0, 0.1) is 5.82 Å². The highest BCUT2D eigenvalue weighted by Gasteiger charge is 2.29. The second kappa shape index (κ2) is 10.3. The number of halogens is 2. The highest BCUT2D eigenvalue weighted by Crippen LogP contribution is 2.35. The molecule has 0 spiro atoms. The molecule has 1 aliphatic heterocycles. The quantitative estimate of drug-likeness (QED) is 0.422. The molecule has 1 aliphatic rings. The molecular weight excluding hydrogens is 493 g/mol. The molecule has 0 atom stereocenters. The summed E-state index contributed by atoms with van der Waals surface area (Å²) in [6.07, 6.45) is 3.36. The number of pyridine rings is 1. The van der Waals surface area contributed by atoms with E-state index >= 15 is 0 Å². The number of nitrogens with zero attached hydrogens (tertiary/aromatic N) is 2. The van der Waals surface area contributed by atoms with Crippen molar-refractivity contribution >= 4 is 39.0 Å². The van der Waals surface area contributed by atoms with Crippen LogP contribution in [0.25, 0.3) is 0 Å². The van der Waals surface area contributed by atoms with Crippen molar-refractivity contribution < 1.29 is 22.2 Å². The molecule has 3 aromatic rings. The van der Waals surface area contributed by atoms with Crippen molar-refractivity contribution in [3.63, 3.8) is 0 Å². The van der Waals surface area contributed by atoms with E-state index in [1.54, 1.807) is 29.2 Å². The summed E-state index contributed by atoms with van der Waals surface area (Å²) in [5.41, 5.74) is 2.89. The van der Waals surface area contributed by atoms with Crippen LogP contribution < -0.4 is 5.32 Å². The number of aryl methyl sites for hydroxylation is 1. The first kappa shape index (κ1) is 25.1. The third-order valence-electron chi connectivity index (χ3n) is 6.22. The molecule has 0 saturated carbocycles. The second-order valence-corrected chi connectivity index (χ2v) is 10.1. The van der Waals surface area contributed by atoms with Crippen LogP contribution in [0.5, 0.6) is 0 Å². The normalized spacial score (nSPS) is 14.7. The van der Waals surface area contributed by atoms with Gasteiger partial charge in [-0.3, -0.25) is 9.35 Å². The zero-order valence-corrected chi connectivity index (χ0v) is 20.6. The minimum Gasteiger partial charge on any atom is -0.354 e. The Balaban J connectivity index is 1.61. The van der Waals surface area contributed by atoms with Crippen LogP contribution in [0.4, 0.5) is 15.8 Å². The first-order chi connectivity index (χ1) is 16.7. The Kier molecular flexibility index (Phi) is 7.39. The van der Waals surface area contributed by atoms with E-state index in [1.807, 2.05) is 19.1 Å². The molecule has 0 unspecified atom stereocenters. The monoisotopic (exact) mass is 517 g/mol. The van der Waals surface area contributed by atoms with Gasteiger partial charge >= 0.3 is 10.1 Å². The van der Waals surface area contributed by atoms with Crippen molar-refractivity contribution in [2.24, 2.45) is 0 Å². The number of hydrogen-bond acceptors (Lipinski definition) is 5. The smallest absolute Gasteiger partial charge is 0.313 e. The van der Waals surface area contributed by atoms with Gasteiger partial charge in [0.05, 0.1) is 11.3 Å². The predicted octanol–water partition coefficient (Wildman–Crippen LogP) is 5.45. The lowest BCUT2D eigenvalue weighted by Crippen LogP contribution is -2.38. The molecule has 7 nitrogen and oxygen atoms in total. The first-order valence-corrected chi connectivity index (χ1v) is 13.1. The average Bonchev–Trinajstić information content (AvgIpc) is 2.85. The van der Waals surface area contributed by atoms with Gasteiger partial charge in [0.15, 0.2) is 0 Å². The van der Waals surface area contributed by atoms with E-state index in [9.17, 15) is 22.2 Å². The number of amides is 1. The van der Waals surface area contributed by atoms with Gasteiger partial charge in [-0.15, -0.1) is 0 Å². The second-order valence-electron chi connectivity index (χ2n) is 8.43. The topological polar surface area (TPSA) is 99.6 Å². The summed E-state index contributed by atoms with van der Waals surface area (Å²) in [5, 5.41) is 1.95. The van der Waals surface area contributed by atoms with Crippen LogP contribution in [0.3, 0.4) is 0 Å². The van der Waals surface area contributed by atoms with E-state index in [2.05, 4.69) is 10.3 Å². The van der Waals surface area contributed by atoms with Gasteiger partial charge in [-0.1, -0.05) is 42.8 Å².